The first-order valence-corrected chi connectivity index (χ1v) is 30.0. The van der Waals surface area contributed by atoms with Gasteiger partial charge >= 0.3 is 42.1 Å². The number of halogens is 3. The second-order valence-electron chi connectivity index (χ2n) is 24.6. The highest BCUT2D eigenvalue weighted by molar-refractivity contribution is 5.93. The molecule has 0 saturated heterocycles. The van der Waals surface area contributed by atoms with E-state index in [4.69, 9.17) is 33.7 Å². The Hall–Kier alpha value is -8.43. The summed E-state index contributed by atoms with van der Waals surface area (Å²) in [5.41, 5.74) is 0.669. The molecule has 0 bridgehead atoms. The zero-order valence-corrected chi connectivity index (χ0v) is 49.2. The van der Waals surface area contributed by atoms with Crippen LogP contribution in [-0.2, 0) is 85.2 Å². The van der Waals surface area contributed by atoms with Crippen LogP contribution in [-0.4, -0.2) is 78.8 Å². The van der Waals surface area contributed by atoms with E-state index in [1.165, 1.54) is 4.57 Å². The molecule has 2 aliphatic carbocycles. The summed E-state index contributed by atoms with van der Waals surface area (Å²) in [4.78, 5) is 116. The number of cyclic esters (lactones) is 2. The first-order valence-electron chi connectivity index (χ1n) is 30.0. The molecule has 12 rings (SSSR count). The zero-order chi connectivity index (χ0) is 61.7. The van der Waals surface area contributed by atoms with Gasteiger partial charge in [0.05, 0.1) is 58.0 Å². The minimum absolute atomic E-state index is 0.0358. The summed E-state index contributed by atoms with van der Waals surface area (Å²) < 4.78 is 71.0. The second kappa shape index (κ2) is 23.7. The number of benzene rings is 2. The average Bonchev–Trinajstić information content (AvgIpc) is 1.80. The number of hydrogen-bond donors (Lipinski definition) is 2. The van der Waals surface area contributed by atoms with E-state index >= 15 is 0 Å². The van der Waals surface area contributed by atoms with Crippen molar-refractivity contribution in [3.8, 4) is 22.8 Å². The summed E-state index contributed by atoms with van der Waals surface area (Å²) in [5, 5.41) is 6.36. The van der Waals surface area contributed by atoms with Gasteiger partial charge in [-0.15, -0.1) is 0 Å². The van der Waals surface area contributed by atoms with Gasteiger partial charge in [-0.25, -0.2) is 33.9 Å². The predicted molar refractivity (Wildman–Crippen MR) is 310 cm³/mol. The SMILES string of the molecule is CC[C@@]1(OC(=O)[C@H](CC2CCCCC2)NC(=O)C(F)(F)F)C(=O)OCc2c1cc1n(c2=O)Cc2cc3ccccc3nc2-1.CC[C@@]1(OC(=O)[C@H](CC2CCCCC2)NC(=O)OC(C)(C)C)C(=O)OCc2c1cc1n(c2=O)Cc2cc3ccccc3nc2-1. The molecular weight excluding hydrogens is 1130 g/mol. The number of rotatable bonds is 12. The largest absolute Gasteiger partial charge is 0.471 e. The van der Waals surface area contributed by atoms with E-state index in [-0.39, 0.29) is 73.1 Å². The van der Waals surface area contributed by atoms with Crippen LogP contribution < -0.4 is 21.8 Å². The van der Waals surface area contributed by atoms with Crippen molar-refractivity contribution in [2.45, 2.75) is 186 Å². The lowest BCUT2D eigenvalue weighted by molar-refractivity contribution is -0.192. The van der Waals surface area contributed by atoms with E-state index in [1.54, 1.807) is 56.6 Å². The van der Waals surface area contributed by atoms with Gasteiger partial charge < -0.3 is 43.5 Å². The lowest BCUT2D eigenvalue weighted by Gasteiger charge is -2.37. The molecule has 4 atom stereocenters. The van der Waals surface area contributed by atoms with Crippen LogP contribution in [0.1, 0.15) is 158 Å². The maximum absolute atomic E-state index is 14.0. The minimum Gasteiger partial charge on any atom is -0.457 e. The van der Waals surface area contributed by atoms with Crippen LogP contribution in [0, 0.1) is 11.8 Å². The Kier molecular flexibility index (Phi) is 16.4. The highest BCUT2D eigenvalue weighted by Gasteiger charge is 2.54. The highest BCUT2D eigenvalue weighted by Crippen LogP contribution is 2.44. The molecule has 2 N–H and O–H groups in total. The fourth-order valence-electron chi connectivity index (χ4n) is 13.3. The normalized spacial score (nSPS) is 20.4. The number of aromatic nitrogens is 4. The average molecular weight is 1200 g/mol. The van der Waals surface area contributed by atoms with Crippen LogP contribution in [0.15, 0.2) is 82.4 Å². The minimum atomic E-state index is -5.22. The van der Waals surface area contributed by atoms with Crippen LogP contribution in [0.2, 0.25) is 0 Å². The summed E-state index contributed by atoms with van der Waals surface area (Å²) in [6.45, 7) is 8.51. The van der Waals surface area contributed by atoms with Crippen molar-refractivity contribution in [1.82, 2.24) is 29.7 Å². The van der Waals surface area contributed by atoms with E-state index in [2.05, 4.69) is 5.32 Å². The van der Waals surface area contributed by atoms with Gasteiger partial charge in [-0.05, 0) is 94.7 Å². The summed E-state index contributed by atoms with van der Waals surface area (Å²) in [6, 6.07) is 19.8. The Morgan fingerprint density at radius 3 is 1.44 bits per heavy atom. The molecule has 6 aromatic rings. The maximum Gasteiger partial charge on any atom is 0.471 e. The van der Waals surface area contributed by atoms with Crippen LogP contribution in [0.25, 0.3) is 44.6 Å². The van der Waals surface area contributed by atoms with Gasteiger partial charge in [0, 0.05) is 33.0 Å². The smallest absolute Gasteiger partial charge is 0.457 e. The lowest BCUT2D eigenvalue weighted by Crippen LogP contribution is -2.53. The van der Waals surface area contributed by atoms with Crippen molar-refractivity contribution in [1.29, 1.82) is 0 Å². The zero-order valence-electron chi connectivity index (χ0n) is 49.2. The van der Waals surface area contributed by atoms with Crippen LogP contribution in [0.4, 0.5) is 18.0 Å². The van der Waals surface area contributed by atoms with E-state index in [0.29, 0.717) is 59.7 Å². The van der Waals surface area contributed by atoms with Crippen molar-refractivity contribution < 1.29 is 65.6 Å². The molecule has 4 aliphatic heterocycles. The number of ether oxygens (including phenoxy) is 5. The second-order valence-corrected chi connectivity index (χ2v) is 24.6. The number of esters is 4. The monoisotopic (exact) mass is 1200 g/mol. The van der Waals surface area contributed by atoms with Gasteiger partial charge in [-0.2, -0.15) is 13.2 Å². The Morgan fingerprint density at radius 1 is 0.621 bits per heavy atom. The van der Waals surface area contributed by atoms with Crippen molar-refractivity contribution in [3.63, 3.8) is 0 Å². The Bertz CT molecular complexity index is 3900. The van der Waals surface area contributed by atoms with Crippen LogP contribution in [0.5, 0.6) is 0 Å². The van der Waals surface area contributed by atoms with E-state index in [0.717, 1.165) is 78.8 Å². The van der Waals surface area contributed by atoms with Gasteiger partial charge in [-0.1, -0.05) is 114 Å². The number of carbonyl (C=O) groups is 6. The number of alkyl halides is 3. The molecular formula is C65H69F3N6O13. The van der Waals surface area contributed by atoms with Crippen molar-refractivity contribution in [2.24, 2.45) is 11.8 Å². The third kappa shape index (κ3) is 11.7. The fourth-order valence-corrected chi connectivity index (χ4v) is 13.3. The number of nitrogens with one attached hydrogen (secondary N) is 2. The number of pyridine rings is 4. The van der Waals surface area contributed by atoms with E-state index in [1.807, 2.05) is 60.7 Å². The summed E-state index contributed by atoms with van der Waals surface area (Å²) in [5.74, 6) is -5.81. The van der Waals surface area contributed by atoms with Crippen LogP contribution in [0.3, 0.4) is 0 Å². The maximum atomic E-state index is 14.0. The van der Waals surface area contributed by atoms with E-state index < -0.39 is 76.5 Å². The van der Waals surface area contributed by atoms with Gasteiger partial charge in [-0.3, -0.25) is 14.4 Å². The van der Waals surface area contributed by atoms with Gasteiger partial charge in [0.2, 0.25) is 11.2 Å². The number of fused-ring (bicyclic) bond motifs is 10. The van der Waals surface area contributed by atoms with Gasteiger partial charge in [0.25, 0.3) is 11.1 Å². The van der Waals surface area contributed by atoms with Gasteiger partial charge in [0.15, 0.2) is 0 Å². The Labute approximate surface area is 498 Å². The molecule has 2 fully saturated rings. The molecule has 8 heterocycles. The highest BCUT2D eigenvalue weighted by atomic mass is 19.4. The molecule has 458 valence electrons. The number of carbonyl (C=O) groups excluding carboxylic acids is 6. The van der Waals surface area contributed by atoms with E-state index in [9.17, 15) is 51.5 Å². The lowest BCUT2D eigenvalue weighted by atomic mass is 9.84. The molecule has 2 amide bonds. The predicted octanol–water partition coefficient (Wildman–Crippen LogP) is 10.1. The summed E-state index contributed by atoms with van der Waals surface area (Å²) in [7, 11) is 0. The first kappa shape index (κ1) is 60.3. The molecule has 6 aliphatic rings. The molecule has 2 saturated carbocycles. The number of hydrogen-bond acceptors (Lipinski definition) is 15. The molecule has 22 heteroatoms. The third-order valence-corrected chi connectivity index (χ3v) is 17.7. The Morgan fingerprint density at radius 2 is 1.03 bits per heavy atom. The quantitative estimate of drug-likeness (QED) is 0.0854. The molecule has 19 nitrogen and oxygen atoms in total. The molecule has 4 aromatic heterocycles. The standard InChI is InChI=1S/C34H39N3O7.C31H30F3N3O6/c1-5-34(43-30(39)26(15-20-11-7-6-8-12-20)36-32(41)44-33(2,3)4)24-17-27-28-22(16-21-13-9-10-14-25(21)35-28)18-37(27)29(38)23(24)19-42-31(34)40;1-2-30(43-27(39)23(36-28(40)31(32,33)34)12-17-8-4-3-5-9-17)21-14-24-25-19(13-18-10-6-7-11-22(18)35-25)15-37(24)26(38)20(21)16-42-29(30)41/h9-10,13-14,16-17,20,26H,5-8,11-12,15,18-19H2,1-4H3,(H,36,41);6-7,10-11,13-14,17,23H,2-5,8-9,12,15-16H2,1H3,(H,36,40)/t26-,34-;23-,30-/m00/s1. The van der Waals surface area contributed by atoms with Crippen LogP contribution >= 0.6 is 0 Å². The molecule has 0 unspecified atom stereocenters. The topological polar surface area (TPSA) is 242 Å². The first-order chi connectivity index (χ1) is 41.5. The third-order valence-electron chi connectivity index (χ3n) is 17.7. The molecule has 2 aromatic carbocycles. The fraction of sp³-hybridized carbons (Fsp3) is 0.477. The molecule has 0 radical (unpaired) electrons. The van der Waals surface area contributed by atoms with Crippen molar-refractivity contribution >= 4 is 57.7 Å². The molecule has 0 spiro atoms. The summed E-state index contributed by atoms with van der Waals surface area (Å²) in [6.07, 6.45) is 3.42. The Balaban J connectivity index is 0.000000180. The number of para-hydroxylation sites is 2. The van der Waals surface area contributed by atoms with Crippen molar-refractivity contribution in [3.05, 3.63) is 127 Å². The molecule has 87 heavy (non-hydrogen) atoms. The van der Waals surface area contributed by atoms with Gasteiger partial charge in [0.1, 0.15) is 30.9 Å². The number of nitrogens with zero attached hydrogens (tertiary/aromatic N) is 4. The summed E-state index contributed by atoms with van der Waals surface area (Å²) >= 11 is 0. The van der Waals surface area contributed by atoms with Crippen molar-refractivity contribution in [2.75, 3.05) is 0 Å². The number of alkyl carbamates (subject to hydrolysis) is 1. The number of amides is 2.